The van der Waals surface area contributed by atoms with Crippen LogP contribution in [-0.4, -0.2) is 22.2 Å². The van der Waals surface area contributed by atoms with Crippen LogP contribution in [0.25, 0.3) is 0 Å². The molecule has 2 rings (SSSR count). The first-order valence-corrected chi connectivity index (χ1v) is 6.88. The summed E-state index contributed by atoms with van der Waals surface area (Å²) in [5.74, 6) is -0.161. The molecule has 4 heteroatoms. The van der Waals surface area contributed by atoms with Crippen molar-refractivity contribution in [3.8, 4) is 0 Å². The number of carbonyl (C=O) groups excluding carboxylic acids is 1. The molecule has 1 aromatic heterocycles. The molecular weight excluding hydrogens is 252 g/mol. The van der Waals surface area contributed by atoms with Crippen molar-refractivity contribution in [3.05, 3.63) is 59.9 Å². The number of aromatic nitrogens is 1. The molecule has 1 amide bonds. The molecule has 0 saturated heterocycles. The number of nitrogens with zero attached hydrogens (tertiary/aromatic N) is 1. The average Bonchev–Trinajstić information content (AvgIpc) is 2.94. The Kier molecular flexibility index (Phi) is 4.96. The summed E-state index contributed by atoms with van der Waals surface area (Å²) in [6, 6.07) is 12.8. The van der Waals surface area contributed by atoms with E-state index in [1.165, 1.54) is 0 Å². The van der Waals surface area contributed by atoms with E-state index in [1.807, 2.05) is 47.2 Å². The maximum atomic E-state index is 12.3. The maximum absolute atomic E-state index is 12.3. The van der Waals surface area contributed by atoms with Crippen molar-refractivity contribution in [1.29, 1.82) is 0 Å². The molecule has 1 aromatic carbocycles. The van der Waals surface area contributed by atoms with Gasteiger partial charge in [0.15, 0.2) is 0 Å². The van der Waals surface area contributed by atoms with Crippen LogP contribution in [-0.2, 0) is 6.54 Å². The fraction of sp³-hybridized carbons (Fsp3) is 0.312. The zero-order valence-electron chi connectivity index (χ0n) is 11.6. The Morgan fingerprint density at radius 3 is 2.65 bits per heavy atom. The van der Waals surface area contributed by atoms with Crippen molar-refractivity contribution in [2.45, 2.75) is 25.9 Å². The smallest absolute Gasteiger partial charge is 0.268 e. The summed E-state index contributed by atoms with van der Waals surface area (Å²) in [7, 11) is 0. The highest BCUT2D eigenvalue weighted by Gasteiger charge is 2.16. The SMILES string of the molecule is CCCn1cccc1C(=O)N[C@H](CO)c1ccccc1. The molecule has 0 bridgehead atoms. The summed E-state index contributed by atoms with van der Waals surface area (Å²) in [6.07, 6.45) is 2.87. The molecule has 0 radical (unpaired) electrons. The summed E-state index contributed by atoms with van der Waals surface area (Å²) in [5, 5.41) is 12.4. The number of aliphatic hydroxyl groups excluding tert-OH is 1. The van der Waals surface area contributed by atoms with E-state index in [4.69, 9.17) is 0 Å². The van der Waals surface area contributed by atoms with Crippen LogP contribution in [0.3, 0.4) is 0 Å². The second-order valence-corrected chi connectivity index (χ2v) is 4.71. The highest BCUT2D eigenvalue weighted by molar-refractivity contribution is 5.93. The third-order valence-corrected chi connectivity index (χ3v) is 3.22. The molecule has 0 saturated carbocycles. The van der Waals surface area contributed by atoms with Crippen molar-refractivity contribution in [2.24, 2.45) is 0 Å². The van der Waals surface area contributed by atoms with Gasteiger partial charge in [-0.25, -0.2) is 0 Å². The lowest BCUT2D eigenvalue weighted by atomic mass is 10.1. The number of hydrogen-bond donors (Lipinski definition) is 2. The molecule has 0 spiro atoms. The third kappa shape index (κ3) is 3.27. The summed E-state index contributed by atoms with van der Waals surface area (Å²) < 4.78 is 1.93. The van der Waals surface area contributed by atoms with Crippen molar-refractivity contribution < 1.29 is 9.90 Å². The zero-order valence-corrected chi connectivity index (χ0v) is 11.6. The first-order valence-electron chi connectivity index (χ1n) is 6.88. The topological polar surface area (TPSA) is 54.3 Å². The quantitative estimate of drug-likeness (QED) is 0.848. The number of nitrogens with one attached hydrogen (secondary N) is 1. The largest absolute Gasteiger partial charge is 0.394 e. The van der Waals surface area contributed by atoms with Crippen LogP contribution >= 0.6 is 0 Å². The molecule has 20 heavy (non-hydrogen) atoms. The molecule has 0 aliphatic rings. The van der Waals surface area contributed by atoms with Gasteiger partial charge in [0.2, 0.25) is 0 Å². The summed E-state index contributed by atoms with van der Waals surface area (Å²) in [4.78, 5) is 12.3. The van der Waals surface area contributed by atoms with Gasteiger partial charge < -0.3 is 15.0 Å². The number of amides is 1. The van der Waals surface area contributed by atoms with Gasteiger partial charge in [0.05, 0.1) is 12.6 Å². The lowest BCUT2D eigenvalue weighted by molar-refractivity contribution is 0.0906. The predicted octanol–water partition coefficient (Wildman–Crippen LogP) is 2.36. The van der Waals surface area contributed by atoms with Crippen LogP contribution in [0.15, 0.2) is 48.7 Å². The minimum Gasteiger partial charge on any atom is -0.394 e. The molecule has 1 heterocycles. The standard InChI is InChI=1S/C16H20N2O2/c1-2-10-18-11-6-9-15(18)16(20)17-14(12-19)13-7-4-3-5-8-13/h3-9,11,14,19H,2,10,12H2,1H3,(H,17,20)/t14-/m1/s1. The van der Waals surface area contributed by atoms with Gasteiger partial charge in [-0.1, -0.05) is 37.3 Å². The van der Waals surface area contributed by atoms with E-state index >= 15 is 0 Å². The second-order valence-electron chi connectivity index (χ2n) is 4.71. The molecule has 2 aromatic rings. The first-order chi connectivity index (χ1) is 9.76. The van der Waals surface area contributed by atoms with E-state index in [0.717, 1.165) is 18.5 Å². The Bertz CT molecular complexity index is 549. The van der Waals surface area contributed by atoms with Crippen LogP contribution in [0, 0.1) is 0 Å². The molecule has 2 N–H and O–H groups in total. The number of hydrogen-bond acceptors (Lipinski definition) is 2. The van der Waals surface area contributed by atoms with Gasteiger partial charge in [-0.05, 0) is 24.1 Å². The zero-order chi connectivity index (χ0) is 14.4. The lowest BCUT2D eigenvalue weighted by Crippen LogP contribution is -2.32. The van der Waals surface area contributed by atoms with Crippen LogP contribution in [0.4, 0.5) is 0 Å². The van der Waals surface area contributed by atoms with Crippen LogP contribution in [0.1, 0.15) is 35.4 Å². The molecule has 0 unspecified atom stereocenters. The van der Waals surface area contributed by atoms with E-state index < -0.39 is 0 Å². The third-order valence-electron chi connectivity index (χ3n) is 3.22. The maximum Gasteiger partial charge on any atom is 0.268 e. The van der Waals surface area contributed by atoms with Crippen molar-refractivity contribution in [1.82, 2.24) is 9.88 Å². The monoisotopic (exact) mass is 272 g/mol. The number of carbonyl (C=O) groups is 1. The van der Waals surface area contributed by atoms with Gasteiger partial charge in [-0.2, -0.15) is 0 Å². The Labute approximate surface area is 119 Å². The average molecular weight is 272 g/mol. The summed E-state index contributed by atoms with van der Waals surface area (Å²) >= 11 is 0. The minimum absolute atomic E-state index is 0.121. The molecule has 4 nitrogen and oxygen atoms in total. The molecule has 0 fully saturated rings. The second kappa shape index (κ2) is 6.91. The number of aryl methyl sites for hydroxylation is 1. The number of aliphatic hydroxyl groups is 1. The molecular formula is C16H20N2O2. The van der Waals surface area contributed by atoms with Gasteiger partial charge in [0.25, 0.3) is 5.91 Å². The fourth-order valence-corrected chi connectivity index (χ4v) is 2.21. The Morgan fingerprint density at radius 1 is 1.25 bits per heavy atom. The van der Waals surface area contributed by atoms with E-state index in [9.17, 15) is 9.90 Å². The van der Waals surface area contributed by atoms with Gasteiger partial charge in [-0.3, -0.25) is 4.79 Å². The lowest BCUT2D eigenvalue weighted by Gasteiger charge is -2.17. The van der Waals surface area contributed by atoms with Crippen molar-refractivity contribution in [3.63, 3.8) is 0 Å². The molecule has 1 atom stereocenters. The summed E-state index contributed by atoms with van der Waals surface area (Å²) in [5.41, 5.74) is 1.53. The van der Waals surface area contributed by atoms with Gasteiger partial charge in [0, 0.05) is 12.7 Å². The predicted molar refractivity (Wildman–Crippen MR) is 78.5 cm³/mol. The molecule has 0 aliphatic carbocycles. The minimum atomic E-state index is -0.381. The Hall–Kier alpha value is -2.07. The Balaban J connectivity index is 2.11. The van der Waals surface area contributed by atoms with Crippen LogP contribution in [0.5, 0.6) is 0 Å². The fourth-order valence-electron chi connectivity index (χ4n) is 2.21. The Morgan fingerprint density at radius 2 is 2.00 bits per heavy atom. The van der Waals surface area contributed by atoms with Crippen molar-refractivity contribution in [2.75, 3.05) is 6.61 Å². The normalized spacial score (nSPS) is 12.1. The van der Waals surface area contributed by atoms with Crippen LogP contribution in [0.2, 0.25) is 0 Å². The summed E-state index contributed by atoms with van der Waals surface area (Å²) in [6.45, 7) is 2.76. The van der Waals surface area contributed by atoms with E-state index in [1.54, 1.807) is 6.07 Å². The van der Waals surface area contributed by atoms with E-state index in [-0.39, 0.29) is 18.6 Å². The molecule has 106 valence electrons. The van der Waals surface area contributed by atoms with Gasteiger partial charge >= 0.3 is 0 Å². The highest BCUT2D eigenvalue weighted by Crippen LogP contribution is 2.13. The highest BCUT2D eigenvalue weighted by atomic mass is 16.3. The molecule has 0 aliphatic heterocycles. The van der Waals surface area contributed by atoms with Gasteiger partial charge in [-0.15, -0.1) is 0 Å². The number of rotatable bonds is 6. The first kappa shape index (κ1) is 14.3. The van der Waals surface area contributed by atoms with Crippen LogP contribution < -0.4 is 5.32 Å². The van der Waals surface area contributed by atoms with E-state index in [2.05, 4.69) is 12.2 Å². The van der Waals surface area contributed by atoms with E-state index in [0.29, 0.717) is 5.69 Å². The van der Waals surface area contributed by atoms with Gasteiger partial charge in [0.1, 0.15) is 5.69 Å². The van der Waals surface area contributed by atoms with Crippen molar-refractivity contribution >= 4 is 5.91 Å². The number of benzene rings is 1.